The smallest absolute Gasteiger partial charge is 0.244 e. The molecule has 0 radical (unpaired) electrons. The average molecular weight is 621 g/mol. The van der Waals surface area contributed by atoms with Gasteiger partial charge in [0, 0.05) is 35.1 Å². The van der Waals surface area contributed by atoms with Crippen molar-refractivity contribution in [2.45, 2.75) is 38.9 Å². The molecule has 1 atom stereocenters. The molecule has 0 spiro atoms. The third-order valence-electron chi connectivity index (χ3n) is 6.38. The number of nitrogens with zero attached hydrogens (tertiary/aromatic N) is 2. The van der Waals surface area contributed by atoms with Gasteiger partial charge in [0.1, 0.15) is 12.6 Å². The van der Waals surface area contributed by atoms with Gasteiger partial charge in [-0.05, 0) is 49.2 Å². The molecular formula is C29H31Cl2N3O6S. The van der Waals surface area contributed by atoms with E-state index < -0.39 is 28.5 Å². The van der Waals surface area contributed by atoms with Crippen molar-refractivity contribution < 1.29 is 27.5 Å². The van der Waals surface area contributed by atoms with Gasteiger partial charge in [0.15, 0.2) is 11.5 Å². The molecule has 218 valence electrons. The van der Waals surface area contributed by atoms with E-state index in [1.807, 2.05) is 44.2 Å². The molecule has 0 bridgehead atoms. The lowest BCUT2D eigenvalue weighted by Crippen LogP contribution is -2.54. The van der Waals surface area contributed by atoms with Crippen LogP contribution in [0.3, 0.4) is 0 Å². The predicted octanol–water partition coefficient (Wildman–Crippen LogP) is 4.65. The zero-order valence-corrected chi connectivity index (χ0v) is 25.2. The topological polar surface area (TPSA) is 105 Å². The Morgan fingerprint density at radius 3 is 2.34 bits per heavy atom. The maximum absolute atomic E-state index is 14.1. The second-order valence-electron chi connectivity index (χ2n) is 9.93. The number of carbonyl (C=O) groups is 2. The molecule has 1 N–H and O–H groups in total. The Morgan fingerprint density at radius 1 is 0.976 bits per heavy atom. The highest BCUT2D eigenvalue weighted by Gasteiger charge is 2.34. The van der Waals surface area contributed by atoms with E-state index in [0.717, 1.165) is 16.1 Å². The lowest BCUT2D eigenvalue weighted by molar-refractivity contribution is -0.140. The number of rotatable bonds is 11. The SMILES string of the molecule is CC(C)NC(=O)C(Cc1ccccc1)N(Cc1ccc(Cl)cc1Cl)C(=O)CN(c1ccc2c(c1)OCO2)S(C)(=O)=O. The summed E-state index contributed by atoms with van der Waals surface area (Å²) in [6, 6.07) is 17.6. The molecule has 3 aromatic carbocycles. The summed E-state index contributed by atoms with van der Waals surface area (Å²) in [5, 5.41) is 3.63. The highest BCUT2D eigenvalue weighted by molar-refractivity contribution is 7.92. The van der Waals surface area contributed by atoms with Crippen LogP contribution < -0.4 is 19.1 Å². The van der Waals surface area contributed by atoms with E-state index in [0.29, 0.717) is 27.1 Å². The van der Waals surface area contributed by atoms with Gasteiger partial charge in [-0.1, -0.05) is 59.6 Å². The fourth-order valence-corrected chi connectivity index (χ4v) is 5.73. The minimum absolute atomic E-state index is 0.0123. The van der Waals surface area contributed by atoms with Crippen molar-refractivity contribution in [2.75, 3.05) is 23.9 Å². The first-order valence-corrected chi connectivity index (χ1v) is 15.5. The van der Waals surface area contributed by atoms with Gasteiger partial charge >= 0.3 is 0 Å². The van der Waals surface area contributed by atoms with Crippen LogP contribution in [0.5, 0.6) is 11.5 Å². The van der Waals surface area contributed by atoms with E-state index in [9.17, 15) is 18.0 Å². The molecule has 0 aromatic heterocycles. The molecule has 1 heterocycles. The number of halogens is 2. The molecule has 0 saturated carbocycles. The number of nitrogens with one attached hydrogen (secondary N) is 1. The number of anilines is 1. The molecule has 2 amide bonds. The first-order valence-electron chi connectivity index (χ1n) is 12.9. The maximum atomic E-state index is 14.1. The molecule has 1 aliphatic rings. The van der Waals surface area contributed by atoms with Gasteiger partial charge in [-0.3, -0.25) is 13.9 Å². The van der Waals surface area contributed by atoms with Crippen LogP contribution in [0.15, 0.2) is 66.7 Å². The summed E-state index contributed by atoms with van der Waals surface area (Å²) in [7, 11) is -3.93. The van der Waals surface area contributed by atoms with Crippen LogP contribution >= 0.6 is 23.2 Å². The maximum Gasteiger partial charge on any atom is 0.244 e. The van der Waals surface area contributed by atoms with Crippen molar-refractivity contribution in [3.05, 3.63) is 87.9 Å². The number of benzene rings is 3. The van der Waals surface area contributed by atoms with E-state index >= 15 is 0 Å². The van der Waals surface area contributed by atoms with Crippen molar-refractivity contribution in [1.82, 2.24) is 10.2 Å². The highest BCUT2D eigenvalue weighted by atomic mass is 35.5. The standard InChI is InChI=1S/C29H31Cl2N3O6S/c1-19(2)32-29(36)25(13-20-7-5-4-6-8-20)33(16-21-9-10-22(30)14-24(21)31)28(35)17-34(41(3,37)38)23-11-12-26-27(15-23)40-18-39-26/h4-12,14-15,19,25H,13,16-18H2,1-3H3,(H,32,36). The van der Waals surface area contributed by atoms with Crippen molar-refractivity contribution in [3.8, 4) is 11.5 Å². The predicted molar refractivity (Wildman–Crippen MR) is 159 cm³/mol. The number of amides is 2. The summed E-state index contributed by atoms with van der Waals surface area (Å²) in [5.41, 5.74) is 1.60. The van der Waals surface area contributed by atoms with Gasteiger partial charge in [-0.15, -0.1) is 0 Å². The fraction of sp³-hybridized carbons (Fsp3) is 0.310. The normalized spacial score (nSPS) is 13.1. The minimum Gasteiger partial charge on any atom is -0.454 e. The molecule has 9 nitrogen and oxygen atoms in total. The molecule has 1 aliphatic heterocycles. The van der Waals surface area contributed by atoms with Crippen LogP contribution in [0.1, 0.15) is 25.0 Å². The van der Waals surface area contributed by atoms with Crippen molar-refractivity contribution in [1.29, 1.82) is 0 Å². The Morgan fingerprint density at radius 2 is 1.68 bits per heavy atom. The number of sulfonamides is 1. The molecule has 3 aromatic rings. The lowest BCUT2D eigenvalue weighted by Gasteiger charge is -2.34. The number of carbonyl (C=O) groups excluding carboxylic acids is 2. The third kappa shape index (κ3) is 7.84. The zero-order valence-electron chi connectivity index (χ0n) is 22.8. The Balaban J connectivity index is 1.75. The Labute approximate surface area is 250 Å². The molecule has 41 heavy (non-hydrogen) atoms. The van der Waals surface area contributed by atoms with Gasteiger partial charge < -0.3 is 19.7 Å². The van der Waals surface area contributed by atoms with E-state index in [2.05, 4.69) is 5.32 Å². The summed E-state index contributed by atoms with van der Waals surface area (Å²) in [5.74, 6) is -0.136. The number of hydrogen-bond acceptors (Lipinski definition) is 6. The molecule has 4 rings (SSSR count). The van der Waals surface area contributed by atoms with E-state index in [4.69, 9.17) is 32.7 Å². The molecular weight excluding hydrogens is 589 g/mol. The summed E-state index contributed by atoms with van der Waals surface area (Å²) in [4.78, 5) is 29.1. The van der Waals surface area contributed by atoms with E-state index in [-0.39, 0.29) is 37.4 Å². The highest BCUT2D eigenvalue weighted by Crippen LogP contribution is 2.36. The van der Waals surface area contributed by atoms with E-state index in [1.165, 1.54) is 17.0 Å². The van der Waals surface area contributed by atoms with Crippen LogP contribution in [0.4, 0.5) is 5.69 Å². The first kappa shape index (κ1) is 30.5. The molecule has 0 aliphatic carbocycles. The number of ether oxygens (including phenoxy) is 2. The minimum atomic E-state index is -3.93. The van der Waals surface area contributed by atoms with Crippen LogP contribution in [-0.2, 0) is 32.6 Å². The second kappa shape index (κ2) is 13.0. The third-order valence-corrected chi connectivity index (χ3v) is 8.11. The Kier molecular flexibility index (Phi) is 9.68. The Bertz CT molecular complexity index is 1520. The summed E-state index contributed by atoms with van der Waals surface area (Å²) in [6.45, 7) is 3.04. The molecule has 1 unspecified atom stereocenters. The fourth-order valence-electron chi connectivity index (χ4n) is 4.42. The van der Waals surface area contributed by atoms with Crippen LogP contribution in [0.25, 0.3) is 0 Å². The first-order chi connectivity index (χ1) is 19.4. The number of fused-ring (bicyclic) bond motifs is 1. The van der Waals surface area contributed by atoms with Crippen molar-refractivity contribution in [3.63, 3.8) is 0 Å². The van der Waals surface area contributed by atoms with E-state index in [1.54, 1.807) is 24.3 Å². The van der Waals surface area contributed by atoms with Crippen molar-refractivity contribution in [2.24, 2.45) is 0 Å². The number of hydrogen-bond donors (Lipinski definition) is 1. The largest absolute Gasteiger partial charge is 0.454 e. The monoisotopic (exact) mass is 619 g/mol. The van der Waals surface area contributed by atoms with Gasteiger partial charge in [0.25, 0.3) is 0 Å². The lowest BCUT2D eigenvalue weighted by atomic mass is 10.0. The van der Waals surface area contributed by atoms with Gasteiger partial charge in [-0.25, -0.2) is 8.42 Å². The van der Waals surface area contributed by atoms with Gasteiger partial charge in [0.2, 0.25) is 28.6 Å². The van der Waals surface area contributed by atoms with Crippen LogP contribution in [-0.4, -0.2) is 56.8 Å². The van der Waals surface area contributed by atoms with Crippen LogP contribution in [0, 0.1) is 0 Å². The van der Waals surface area contributed by atoms with Crippen LogP contribution in [0.2, 0.25) is 10.0 Å². The quantitative estimate of drug-likeness (QED) is 0.335. The van der Waals surface area contributed by atoms with Gasteiger partial charge in [-0.2, -0.15) is 0 Å². The summed E-state index contributed by atoms with van der Waals surface area (Å²) < 4.78 is 37.6. The average Bonchev–Trinajstić information content (AvgIpc) is 3.38. The molecule has 0 fully saturated rings. The molecule has 12 heteroatoms. The zero-order chi connectivity index (χ0) is 29.7. The summed E-state index contributed by atoms with van der Waals surface area (Å²) in [6.07, 6.45) is 1.21. The molecule has 0 saturated heterocycles. The Hall–Kier alpha value is -3.47. The van der Waals surface area contributed by atoms with Gasteiger partial charge in [0.05, 0.1) is 11.9 Å². The second-order valence-corrected chi connectivity index (χ2v) is 12.7. The summed E-state index contributed by atoms with van der Waals surface area (Å²) >= 11 is 12.6. The van der Waals surface area contributed by atoms with Crippen molar-refractivity contribution >= 4 is 50.7 Å².